The van der Waals surface area contributed by atoms with E-state index in [9.17, 15) is 28.0 Å². The van der Waals surface area contributed by atoms with E-state index in [1.807, 2.05) is 18.2 Å². The van der Waals surface area contributed by atoms with Crippen molar-refractivity contribution in [3.63, 3.8) is 0 Å². The van der Waals surface area contributed by atoms with Gasteiger partial charge in [-0.25, -0.2) is 28.1 Å². The third-order valence-corrected chi connectivity index (χ3v) is 7.70. The van der Waals surface area contributed by atoms with E-state index in [2.05, 4.69) is 26.9 Å². The zero-order chi connectivity index (χ0) is 31.8. The Morgan fingerprint density at radius 1 is 1.02 bits per heavy atom. The van der Waals surface area contributed by atoms with Gasteiger partial charge in [-0.05, 0) is 80.2 Å². The van der Waals surface area contributed by atoms with Gasteiger partial charge in [0.1, 0.15) is 6.04 Å². The maximum atomic E-state index is 14.3. The number of halogens is 2. The fourth-order valence-electron chi connectivity index (χ4n) is 5.63. The van der Waals surface area contributed by atoms with Crippen LogP contribution in [0.4, 0.5) is 24.1 Å². The highest BCUT2D eigenvalue weighted by atomic mass is 19.2. The summed E-state index contributed by atoms with van der Waals surface area (Å²) in [4.78, 5) is 53.8. The van der Waals surface area contributed by atoms with Gasteiger partial charge in [0.25, 0.3) is 0 Å². The molecule has 2 heterocycles. The molecule has 2 aromatic rings. The van der Waals surface area contributed by atoms with Crippen LogP contribution in [0.1, 0.15) is 49.3 Å². The SMILES string of the molecule is COCC1=C(C(=O)O[11CH3])C(c2ccc(F)c(F)c2)N(C(=O)NCCCN2CCC(c3cccc(NC(C)=O)c3)CC2)C(=O)N1. The first kappa shape index (κ1) is 32.6. The van der Waals surface area contributed by atoms with Gasteiger partial charge in [0.2, 0.25) is 5.91 Å². The minimum atomic E-state index is -1.39. The molecular formula is C31H37F2N5O6. The minimum Gasteiger partial charge on any atom is -0.466 e. The highest BCUT2D eigenvalue weighted by Gasteiger charge is 2.43. The summed E-state index contributed by atoms with van der Waals surface area (Å²) in [6.45, 7) is 3.96. The Bertz CT molecular complexity index is 1430. The third-order valence-electron chi connectivity index (χ3n) is 7.70. The maximum absolute atomic E-state index is 14.3. The summed E-state index contributed by atoms with van der Waals surface area (Å²) in [5.74, 6) is -2.91. The van der Waals surface area contributed by atoms with Crippen LogP contribution in [0.15, 0.2) is 53.7 Å². The monoisotopic (exact) mass is 612 g/mol. The van der Waals surface area contributed by atoms with Crippen LogP contribution in [-0.4, -0.2) is 80.7 Å². The van der Waals surface area contributed by atoms with Gasteiger partial charge in [0.15, 0.2) is 11.6 Å². The number of anilines is 1. The van der Waals surface area contributed by atoms with Crippen molar-refractivity contribution in [3.05, 3.63) is 76.5 Å². The van der Waals surface area contributed by atoms with Crippen molar-refractivity contribution < 1.29 is 37.4 Å². The Balaban J connectivity index is 1.38. The van der Waals surface area contributed by atoms with Crippen LogP contribution in [0.2, 0.25) is 0 Å². The van der Waals surface area contributed by atoms with Crippen molar-refractivity contribution in [1.82, 2.24) is 20.4 Å². The van der Waals surface area contributed by atoms with E-state index in [1.165, 1.54) is 25.7 Å². The largest absolute Gasteiger partial charge is 0.466 e. The van der Waals surface area contributed by atoms with Gasteiger partial charge >= 0.3 is 18.0 Å². The number of ether oxygens (including phenoxy) is 2. The second-order valence-corrected chi connectivity index (χ2v) is 10.7. The van der Waals surface area contributed by atoms with Crippen LogP contribution in [0.3, 0.4) is 0 Å². The minimum absolute atomic E-state index is 0.00776. The first-order chi connectivity index (χ1) is 21.1. The quantitative estimate of drug-likeness (QED) is 0.273. The van der Waals surface area contributed by atoms with Crippen molar-refractivity contribution in [3.8, 4) is 0 Å². The number of hydrogen-bond donors (Lipinski definition) is 3. The number of nitrogens with zero attached hydrogens (tertiary/aromatic N) is 2. The number of amides is 5. The van der Waals surface area contributed by atoms with Gasteiger partial charge in [0, 0.05) is 26.3 Å². The Morgan fingerprint density at radius 3 is 2.43 bits per heavy atom. The number of piperidine rings is 1. The van der Waals surface area contributed by atoms with Gasteiger partial charge in [-0.3, -0.25) is 4.79 Å². The molecule has 1 fully saturated rings. The lowest BCUT2D eigenvalue weighted by Gasteiger charge is -2.36. The zero-order valence-electron chi connectivity index (χ0n) is 25.0. The molecule has 5 amide bonds. The summed E-state index contributed by atoms with van der Waals surface area (Å²) in [6, 6.07) is 7.74. The van der Waals surface area contributed by atoms with Crippen molar-refractivity contribution in [2.45, 2.75) is 38.1 Å². The molecule has 3 N–H and O–H groups in total. The molecule has 2 aromatic carbocycles. The third kappa shape index (κ3) is 7.77. The number of urea groups is 2. The van der Waals surface area contributed by atoms with Crippen LogP contribution >= 0.6 is 0 Å². The smallest absolute Gasteiger partial charge is 0.338 e. The number of methoxy groups -OCH3 is 2. The summed E-state index contributed by atoms with van der Waals surface area (Å²) < 4.78 is 38.0. The highest BCUT2D eigenvalue weighted by molar-refractivity contribution is 6.01. The maximum Gasteiger partial charge on any atom is 0.338 e. The Kier molecular flexibility index (Phi) is 11.0. The highest BCUT2D eigenvalue weighted by Crippen LogP contribution is 2.35. The van der Waals surface area contributed by atoms with Crippen molar-refractivity contribution in [1.29, 1.82) is 0 Å². The van der Waals surface area contributed by atoms with Crippen LogP contribution in [0, 0.1) is 11.6 Å². The van der Waals surface area contributed by atoms with Crippen LogP contribution < -0.4 is 16.0 Å². The van der Waals surface area contributed by atoms with E-state index in [4.69, 9.17) is 9.47 Å². The van der Waals surface area contributed by atoms with Crippen molar-refractivity contribution in [2.24, 2.45) is 0 Å². The van der Waals surface area contributed by atoms with Crippen molar-refractivity contribution in [2.75, 3.05) is 52.3 Å². The molecule has 0 saturated carbocycles. The van der Waals surface area contributed by atoms with Crippen LogP contribution in [0.5, 0.6) is 0 Å². The van der Waals surface area contributed by atoms with E-state index in [-0.39, 0.29) is 35.9 Å². The number of imide groups is 1. The molecular weight excluding hydrogens is 575 g/mol. The normalized spacial score (nSPS) is 17.7. The molecule has 1 atom stereocenters. The number of likely N-dealkylation sites (tertiary alicyclic amines) is 1. The molecule has 2 aliphatic rings. The second-order valence-electron chi connectivity index (χ2n) is 10.7. The van der Waals surface area contributed by atoms with E-state index in [1.54, 1.807) is 0 Å². The molecule has 0 aromatic heterocycles. The van der Waals surface area contributed by atoms with Gasteiger partial charge in [-0.2, -0.15) is 0 Å². The lowest BCUT2D eigenvalue weighted by atomic mass is 9.89. The van der Waals surface area contributed by atoms with Crippen LogP contribution in [0.25, 0.3) is 0 Å². The average molecular weight is 613 g/mol. The Hall–Kier alpha value is -4.36. The zero-order valence-corrected chi connectivity index (χ0v) is 25.0. The average Bonchev–Trinajstić information content (AvgIpc) is 3.00. The lowest BCUT2D eigenvalue weighted by molar-refractivity contribution is -0.137. The summed E-state index contributed by atoms with van der Waals surface area (Å²) in [7, 11) is 2.49. The summed E-state index contributed by atoms with van der Waals surface area (Å²) in [5.41, 5.74) is 1.89. The van der Waals surface area contributed by atoms with Gasteiger partial charge in [0.05, 0.1) is 25.0 Å². The van der Waals surface area contributed by atoms with Crippen molar-refractivity contribution >= 4 is 29.6 Å². The molecule has 2 aliphatic heterocycles. The van der Waals surface area contributed by atoms with E-state index >= 15 is 0 Å². The van der Waals surface area contributed by atoms with Crippen LogP contribution in [-0.2, 0) is 19.1 Å². The van der Waals surface area contributed by atoms with Gasteiger partial charge < -0.3 is 30.3 Å². The summed E-state index contributed by atoms with van der Waals surface area (Å²) in [5, 5.41) is 8.04. The fourth-order valence-corrected chi connectivity index (χ4v) is 5.63. The van der Waals surface area contributed by atoms with Gasteiger partial charge in [-0.15, -0.1) is 0 Å². The number of rotatable bonds is 10. The summed E-state index contributed by atoms with van der Waals surface area (Å²) >= 11 is 0. The molecule has 44 heavy (non-hydrogen) atoms. The molecule has 236 valence electrons. The molecule has 4 rings (SSSR count). The second kappa shape index (κ2) is 14.9. The van der Waals surface area contributed by atoms with E-state index in [0.717, 1.165) is 55.8 Å². The number of carbonyl (C=O) groups excluding carboxylic acids is 4. The first-order valence-electron chi connectivity index (χ1n) is 14.4. The molecule has 0 radical (unpaired) electrons. The number of benzene rings is 2. The number of esters is 1. The standard InChI is InChI=1S/C31H37F2N5O6/c1-19(39)35-23-7-4-6-21(16-23)20-10-14-37(15-11-20)13-5-12-34-30(41)38-28(22-8-9-24(32)25(33)17-22)27(29(40)44-3)26(18-43-2)36-31(38)42/h4,6-9,16-17,20,28H,5,10-15,18H2,1-3H3,(H,34,41)(H,35,39)(H,36,42)/i3-1. The molecule has 0 bridgehead atoms. The fraction of sp³-hybridized carbons (Fsp3) is 0.419. The number of carbonyl (C=O) groups is 4. The predicted molar refractivity (Wildman–Crippen MR) is 158 cm³/mol. The van der Waals surface area contributed by atoms with Gasteiger partial charge in [-0.1, -0.05) is 18.2 Å². The number of hydrogen-bond acceptors (Lipinski definition) is 7. The lowest BCUT2D eigenvalue weighted by Crippen LogP contribution is -2.55. The molecule has 1 unspecified atom stereocenters. The molecule has 0 spiro atoms. The Morgan fingerprint density at radius 2 is 1.77 bits per heavy atom. The Labute approximate surface area is 254 Å². The molecule has 11 nitrogen and oxygen atoms in total. The number of nitrogens with one attached hydrogen (secondary N) is 3. The predicted octanol–water partition coefficient (Wildman–Crippen LogP) is 4.04. The van der Waals surface area contributed by atoms with E-state index < -0.39 is 35.7 Å². The molecule has 13 heteroatoms. The molecule has 0 aliphatic carbocycles. The van der Waals surface area contributed by atoms with E-state index in [0.29, 0.717) is 18.9 Å². The first-order valence-corrected chi connectivity index (χ1v) is 14.4. The molecule has 1 saturated heterocycles. The summed E-state index contributed by atoms with van der Waals surface area (Å²) in [6.07, 6.45) is 2.49. The topological polar surface area (TPSA) is 129 Å².